The van der Waals surface area contributed by atoms with Crippen LogP contribution in [-0.4, -0.2) is 12.1 Å². The monoisotopic (exact) mass is 233 g/mol. The van der Waals surface area contributed by atoms with Gasteiger partial charge in [0.2, 0.25) is 11.8 Å². The van der Waals surface area contributed by atoms with Crippen LogP contribution in [0.4, 0.5) is 4.39 Å². The summed E-state index contributed by atoms with van der Waals surface area (Å²) in [6.07, 6.45) is 0. The Bertz CT molecular complexity index is 485. The number of halogens is 1. The molecule has 1 heterocycles. The molecule has 0 unspecified atom stereocenters. The van der Waals surface area contributed by atoms with Crippen molar-refractivity contribution in [2.45, 2.75) is 6.61 Å². The zero-order valence-electron chi connectivity index (χ0n) is 9.39. The van der Waals surface area contributed by atoms with E-state index in [1.165, 1.54) is 6.07 Å². The second kappa shape index (κ2) is 5.30. The number of hydrogen-bond donors (Lipinski definition) is 0. The number of methoxy groups -OCH3 is 1. The molecule has 0 aliphatic heterocycles. The third-order valence-corrected chi connectivity index (χ3v) is 2.24. The molecule has 0 bridgehead atoms. The molecule has 0 atom stereocenters. The SMILES string of the molecule is COc1ccc(COc2cccc(F)n2)cc1. The fourth-order valence-electron chi connectivity index (χ4n) is 1.35. The van der Waals surface area contributed by atoms with Crippen LogP contribution in [0.1, 0.15) is 5.56 Å². The summed E-state index contributed by atoms with van der Waals surface area (Å²) < 4.78 is 23.2. The van der Waals surface area contributed by atoms with E-state index in [2.05, 4.69) is 4.98 Å². The first kappa shape index (κ1) is 11.4. The van der Waals surface area contributed by atoms with Crippen molar-refractivity contribution in [2.75, 3.05) is 7.11 Å². The number of ether oxygens (including phenoxy) is 2. The molecule has 1 aromatic carbocycles. The van der Waals surface area contributed by atoms with Crippen molar-refractivity contribution < 1.29 is 13.9 Å². The minimum absolute atomic E-state index is 0.279. The van der Waals surface area contributed by atoms with Crippen molar-refractivity contribution >= 4 is 0 Å². The summed E-state index contributed by atoms with van der Waals surface area (Å²) in [5, 5.41) is 0. The molecule has 2 rings (SSSR count). The molecular formula is C13H12FNO2. The molecular weight excluding hydrogens is 221 g/mol. The molecule has 0 amide bonds. The molecule has 2 aromatic rings. The van der Waals surface area contributed by atoms with Crippen LogP contribution >= 0.6 is 0 Å². The highest BCUT2D eigenvalue weighted by Crippen LogP contribution is 2.13. The molecule has 0 spiro atoms. The lowest BCUT2D eigenvalue weighted by Gasteiger charge is -2.06. The van der Waals surface area contributed by atoms with Gasteiger partial charge in [-0.1, -0.05) is 18.2 Å². The maximum Gasteiger partial charge on any atom is 0.216 e. The second-order valence-corrected chi connectivity index (χ2v) is 3.44. The fraction of sp³-hybridized carbons (Fsp3) is 0.154. The van der Waals surface area contributed by atoms with Crippen LogP contribution in [0.3, 0.4) is 0 Å². The smallest absolute Gasteiger partial charge is 0.216 e. The lowest BCUT2D eigenvalue weighted by Crippen LogP contribution is -1.98. The van der Waals surface area contributed by atoms with Crippen LogP contribution in [0.15, 0.2) is 42.5 Å². The van der Waals surface area contributed by atoms with Crippen LogP contribution in [0.5, 0.6) is 11.6 Å². The number of benzene rings is 1. The molecule has 0 aliphatic rings. The lowest BCUT2D eigenvalue weighted by molar-refractivity contribution is 0.289. The summed E-state index contributed by atoms with van der Waals surface area (Å²) in [4.78, 5) is 3.61. The van der Waals surface area contributed by atoms with E-state index >= 15 is 0 Å². The number of hydrogen-bond acceptors (Lipinski definition) is 3. The minimum Gasteiger partial charge on any atom is -0.497 e. The minimum atomic E-state index is -0.544. The average Bonchev–Trinajstić information content (AvgIpc) is 2.37. The van der Waals surface area contributed by atoms with Crippen molar-refractivity contribution in [3.05, 3.63) is 54.0 Å². The summed E-state index contributed by atoms with van der Waals surface area (Å²) in [7, 11) is 1.61. The van der Waals surface area contributed by atoms with Gasteiger partial charge in [-0.2, -0.15) is 9.37 Å². The van der Waals surface area contributed by atoms with Gasteiger partial charge in [-0.3, -0.25) is 0 Å². The van der Waals surface area contributed by atoms with E-state index in [0.717, 1.165) is 11.3 Å². The molecule has 17 heavy (non-hydrogen) atoms. The Morgan fingerprint density at radius 1 is 1.12 bits per heavy atom. The number of rotatable bonds is 4. The first-order valence-corrected chi connectivity index (χ1v) is 5.16. The van der Waals surface area contributed by atoms with Gasteiger partial charge in [0, 0.05) is 6.07 Å². The highest BCUT2D eigenvalue weighted by molar-refractivity contribution is 5.27. The summed E-state index contributed by atoms with van der Waals surface area (Å²) in [5.74, 6) is 0.524. The third-order valence-electron chi connectivity index (χ3n) is 2.24. The standard InChI is InChI=1S/C13H12FNO2/c1-16-11-7-5-10(6-8-11)9-17-13-4-2-3-12(14)15-13/h2-8H,9H2,1H3. The fourth-order valence-corrected chi connectivity index (χ4v) is 1.35. The summed E-state index contributed by atoms with van der Waals surface area (Å²) in [5.41, 5.74) is 0.969. The van der Waals surface area contributed by atoms with Crippen LogP contribution in [0.25, 0.3) is 0 Å². The van der Waals surface area contributed by atoms with Crippen LogP contribution < -0.4 is 9.47 Å². The summed E-state index contributed by atoms with van der Waals surface area (Å²) in [6.45, 7) is 0.348. The number of pyridine rings is 1. The van der Waals surface area contributed by atoms with Gasteiger partial charge in [0.15, 0.2) is 0 Å². The first-order valence-electron chi connectivity index (χ1n) is 5.16. The largest absolute Gasteiger partial charge is 0.497 e. The predicted octanol–water partition coefficient (Wildman–Crippen LogP) is 2.81. The lowest BCUT2D eigenvalue weighted by atomic mass is 10.2. The quantitative estimate of drug-likeness (QED) is 0.761. The van der Waals surface area contributed by atoms with Crippen molar-refractivity contribution in [3.8, 4) is 11.6 Å². The molecule has 0 saturated carbocycles. The van der Waals surface area contributed by atoms with Crippen molar-refractivity contribution in [3.63, 3.8) is 0 Å². The van der Waals surface area contributed by atoms with Gasteiger partial charge in [-0.05, 0) is 23.8 Å². The van der Waals surface area contributed by atoms with Gasteiger partial charge in [-0.25, -0.2) is 0 Å². The van der Waals surface area contributed by atoms with E-state index in [4.69, 9.17) is 9.47 Å². The molecule has 0 aliphatic carbocycles. The Morgan fingerprint density at radius 3 is 2.53 bits per heavy atom. The van der Waals surface area contributed by atoms with Crippen molar-refractivity contribution in [1.82, 2.24) is 4.98 Å². The van der Waals surface area contributed by atoms with Crippen molar-refractivity contribution in [2.24, 2.45) is 0 Å². The predicted molar refractivity (Wildman–Crippen MR) is 61.5 cm³/mol. The van der Waals surface area contributed by atoms with Gasteiger partial charge in [0.25, 0.3) is 0 Å². The van der Waals surface area contributed by atoms with Crippen molar-refractivity contribution in [1.29, 1.82) is 0 Å². The maximum absolute atomic E-state index is 12.8. The molecule has 0 fully saturated rings. The summed E-state index contributed by atoms with van der Waals surface area (Å²) in [6, 6.07) is 11.9. The van der Waals surface area contributed by atoms with Gasteiger partial charge < -0.3 is 9.47 Å². The first-order chi connectivity index (χ1) is 8.28. The Hall–Kier alpha value is -2.10. The highest BCUT2D eigenvalue weighted by Gasteiger charge is 1.99. The number of aromatic nitrogens is 1. The van der Waals surface area contributed by atoms with Crippen LogP contribution in [0, 0.1) is 5.95 Å². The Labute approximate surface area is 98.8 Å². The molecule has 0 saturated heterocycles. The topological polar surface area (TPSA) is 31.4 Å². The van der Waals surface area contributed by atoms with Gasteiger partial charge in [-0.15, -0.1) is 0 Å². The third kappa shape index (κ3) is 3.17. The van der Waals surface area contributed by atoms with E-state index in [1.54, 1.807) is 19.2 Å². The molecule has 88 valence electrons. The van der Waals surface area contributed by atoms with E-state index in [1.807, 2.05) is 24.3 Å². The Morgan fingerprint density at radius 2 is 1.88 bits per heavy atom. The van der Waals surface area contributed by atoms with Crippen LogP contribution in [-0.2, 0) is 6.61 Å². The van der Waals surface area contributed by atoms with Gasteiger partial charge >= 0.3 is 0 Å². The molecule has 0 N–H and O–H groups in total. The Balaban J connectivity index is 1.97. The second-order valence-electron chi connectivity index (χ2n) is 3.44. The van der Waals surface area contributed by atoms with Gasteiger partial charge in [0.1, 0.15) is 12.4 Å². The summed E-state index contributed by atoms with van der Waals surface area (Å²) >= 11 is 0. The van der Waals surface area contributed by atoms with Gasteiger partial charge in [0.05, 0.1) is 7.11 Å². The van der Waals surface area contributed by atoms with E-state index in [-0.39, 0.29) is 5.88 Å². The molecule has 0 radical (unpaired) electrons. The highest BCUT2D eigenvalue weighted by atomic mass is 19.1. The van der Waals surface area contributed by atoms with E-state index in [9.17, 15) is 4.39 Å². The maximum atomic E-state index is 12.8. The molecule has 3 nitrogen and oxygen atoms in total. The zero-order valence-corrected chi connectivity index (χ0v) is 9.39. The molecule has 4 heteroatoms. The molecule has 1 aromatic heterocycles. The Kier molecular flexibility index (Phi) is 3.55. The van der Waals surface area contributed by atoms with E-state index < -0.39 is 5.95 Å². The number of nitrogens with zero attached hydrogens (tertiary/aromatic N) is 1. The average molecular weight is 233 g/mol. The van der Waals surface area contributed by atoms with E-state index in [0.29, 0.717) is 6.61 Å². The zero-order chi connectivity index (χ0) is 12.1. The normalized spacial score (nSPS) is 10.0. The van der Waals surface area contributed by atoms with Crippen LogP contribution in [0.2, 0.25) is 0 Å².